The second-order valence-electron chi connectivity index (χ2n) is 4.92. The van der Waals surface area contributed by atoms with Crippen molar-refractivity contribution in [3.05, 3.63) is 0 Å². The minimum atomic E-state index is -0.197. The Hall–Kier alpha value is -0.570. The molecule has 0 aromatic rings. The highest BCUT2D eigenvalue weighted by Crippen LogP contribution is 2.30. The highest BCUT2D eigenvalue weighted by Gasteiger charge is 2.32. The maximum absolute atomic E-state index is 11.9. The molecule has 0 unspecified atom stereocenters. The first-order valence-corrected chi connectivity index (χ1v) is 6.10. The van der Waals surface area contributed by atoms with Crippen LogP contribution in [0.2, 0.25) is 0 Å². The summed E-state index contributed by atoms with van der Waals surface area (Å²) in [5.41, 5.74) is 5.98. The fraction of sp³-hybridized carbons (Fsp3) is 0.917. The SMILES string of the molecule is CCCCN(C)C(=O)CC1(N)CCCC1. The van der Waals surface area contributed by atoms with E-state index in [1.807, 2.05) is 11.9 Å². The highest BCUT2D eigenvalue weighted by atomic mass is 16.2. The zero-order valence-corrected chi connectivity index (χ0v) is 10.1. The van der Waals surface area contributed by atoms with E-state index >= 15 is 0 Å². The lowest BCUT2D eigenvalue weighted by Gasteiger charge is -2.26. The number of nitrogens with zero attached hydrogens (tertiary/aromatic N) is 1. The van der Waals surface area contributed by atoms with Crippen molar-refractivity contribution >= 4 is 5.91 Å². The van der Waals surface area contributed by atoms with Crippen LogP contribution >= 0.6 is 0 Å². The number of rotatable bonds is 5. The van der Waals surface area contributed by atoms with Gasteiger partial charge in [0.1, 0.15) is 0 Å². The van der Waals surface area contributed by atoms with Crippen molar-refractivity contribution in [2.45, 2.75) is 57.4 Å². The summed E-state index contributed by atoms with van der Waals surface area (Å²) in [6, 6.07) is 0. The predicted molar refractivity (Wildman–Crippen MR) is 62.5 cm³/mol. The van der Waals surface area contributed by atoms with Gasteiger partial charge in [-0.25, -0.2) is 0 Å². The van der Waals surface area contributed by atoms with E-state index in [0.29, 0.717) is 6.42 Å². The van der Waals surface area contributed by atoms with Crippen molar-refractivity contribution in [3.63, 3.8) is 0 Å². The molecule has 1 fully saturated rings. The molecule has 1 rings (SSSR count). The average Bonchev–Trinajstić information content (AvgIpc) is 2.61. The maximum Gasteiger partial charge on any atom is 0.224 e. The average molecular weight is 212 g/mol. The summed E-state index contributed by atoms with van der Waals surface area (Å²) in [6.45, 7) is 3.01. The second kappa shape index (κ2) is 5.50. The largest absolute Gasteiger partial charge is 0.346 e. The molecule has 88 valence electrons. The topological polar surface area (TPSA) is 46.3 Å². The molecule has 1 amide bonds. The Kier molecular flexibility index (Phi) is 4.58. The second-order valence-corrected chi connectivity index (χ2v) is 4.92. The van der Waals surface area contributed by atoms with Gasteiger partial charge in [-0.1, -0.05) is 26.2 Å². The van der Waals surface area contributed by atoms with Crippen molar-refractivity contribution < 1.29 is 4.79 Å². The van der Waals surface area contributed by atoms with Gasteiger partial charge >= 0.3 is 0 Å². The van der Waals surface area contributed by atoms with Crippen LogP contribution in [-0.2, 0) is 4.79 Å². The van der Waals surface area contributed by atoms with Crippen molar-refractivity contribution in [3.8, 4) is 0 Å². The van der Waals surface area contributed by atoms with Crippen molar-refractivity contribution in [2.24, 2.45) is 5.73 Å². The molecular weight excluding hydrogens is 188 g/mol. The van der Waals surface area contributed by atoms with Gasteiger partial charge in [-0.15, -0.1) is 0 Å². The van der Waals surface area contributed by atoms with E-state index in [9.17, 15) is 4.79 Å². The van der Waals surface area contributed by atoms with E-state index in [4.69, 9.17) is 5.73 Å². The summed E-state index contributed by atoms with van der Waals surface area (Å²) < 4.78 is 0. The summed E-state index contributed by atoms with van der Waals surface area (Å²) in [5, 5.41) is 0. The molecule has 0 aromatic carbocycles. The third kappa shape index (κ3) is 3.82. The van der Waals surface area contributed by atoms with Gasteiger partial charge in [-0.2, -0.15) is 0 Å². The van der Waals surface area contributed by atoms with Gasteiger partial charge in [-0.3, -0.25) is 4.79 Å². The van der Waals surface area contributed by atoms with Gasteiger partial charge in [-0.05, 0) is 19.3 Å². The number of amides is 1. The van der Waals surface area contributed by atoms with E-state index in [-0.39, 0.29) is 11.4 Å². The summed E-state index contributed by atoms with van der Waals surface area (Å²) in [4.78, 5) is 13.7. The van der Waals surface area contributed by atoms with Gasteiger partial charge in [0.2, 0.25) is 5.91 Å². The zero-order valence-electron chi connectivity index (χ0n) is 10.1. The van der Waals surface area contributed by atoms with Crippen molar-refractivity contribution in [1.82, 2.24) is 4.90 Å². The first kappa shape index (κ1) is 12.5. The molecule has 0 aliphatic heterocycles. The maximum atomic E-state index is 11.9. The fourth-order valence-electron chi connectivity index (χ4n) is 2.21. The van der Waals surface area contributed by atoms with Crippen LogP contribution in [0.5, 0.6) is 0 Å². The molecular formula is C12H24N2O. The van der Waals surface area contributed by atoms with Crippen LogP contribution in [0.3, 0.4) is 0 Å². The fourth-order valence-corrected chi connectivity index (χ4v) is 2.21. The van der Waals surface area contributed by atoms with Crippen LogP contribution < -0.4 is 5.73 Å². The third-order valence-electron chi connectivity index (χ3n) is 3.38. The molecule has 1 aliphatic rings. The molecule has 0 radical (unpaired) electrons. The van der Waals surface area contributed by atoms with Crippen LogP contribution in [0.1, 0.15) is 51.9 Å². The molecule has 0 aromatic heterocycles. The van der Waals surface area contributed by atoms with E-state index in [1.54, 1.807) is 0 Å². The molecule has 0 spiro atoms. The quantitative estimate of drug-likeness (QED) is 0.756. The van der Waals surface area contributed by atoms with Crippen LogP contribution in [-0.4, -0.2) is 29.9 Å². The normalized spacial score (nSPS) is 19.1. The molecule has 0 saturated heterocycles. The minimum absolute atomic E-state index is 0.197. The van der Waals surface area contributed by atoms with Crippen LogP contribution in [0, 0.1) is 0 Å². The molecule has 1 saturated carbocycles. The predicted octanol–water partition coefficient (Wildman–Crippen LogP) is 1.91. The molecule has 3 heteroatoms. The summed E-state index contributed by atoms with van der Waals surface area (Å²) in [5.74, 6) is 0.216. The van der Waals surface area contributed by atoms with E-state index < -0.39 is 0 Å². The number of hydrogen-bond donors (Lipinski definition) is 1. The Morgan fingerprint density at radius 3 is 2.53 bits per heavy atom. The van der Waals surface area contributed by atoms with Crippen LogP contribution in [0.25, 0.3) is 0 Å². The highest BCUT2D eigenvalue weighted by molar-refractivity contribution is 5.77. The van der Waals surface area contributed by atoms with E-state index in [0.717, 1.165) is 32.2 Å². The van der Waals surface area contributed by atoms with Gasteiger partial charge in [0.25, 0.3) is 0 Å². The smallest absolute Gasteiger partial charge is 0.224 e. The zero-order chi connectivity index (χ0) is 11.3. The summed E-state index contributed by atoms with van der Waals surface area (Å²) in [7, 11) is 1.89. The Labute approximate surface area is 93.0 Å². The lowest BCUT2D eigenvalue weighted by molar-refractivity contribution is -0.131. The molecule has 1 aliphatic carbocycles. The number of nitrogens with two attached hydrogens (primary N) is 1. The number of hydrogen-bond acceptors (Lipinski definition) is 2. The number of carbonyl (C=O) groups is 1. The summed E-state index contributed by atoms with van der Waals surface area (Å²) >= 11 is 0. The minimum Gasteiger partial charge on any atom is -0.346 e. The van der Waals surface area contributed by atoms with Crippen molar-refractivity contribution in [2.75, 3.05) is 13.6 Å². The van der Waals surface area contributed by atoms with Crippen LogP contribution in [0.4, 0.5) is 0 Å². The Morgan fingerprint density at radius 2 is 2.00 bits per heavy atom. The molecule has 3 nitrogen and oxygen atoms in total. The molecule has 0 heterocycles. The molecule has 0 bridgehead atoms. The molecule has 2 N–H and O–H groups in total. The third-order valence-corrected chi connectivity index (χ3v) is 3.38. The van der Waals surface area contributed by atoms with Crippen LogP contribution in [0.15, 0.2) is 0 Å². The molecule has 0 atom stereocenters. The Bertz CT molecular complexity index is 210. The number of carbonyl (C=O) groups excluding carboxylic acids is 1. The van der Waals surface area contributed by atoms with Crippen molar-refractivity contribution in [1.29, 1.82) is 0 Å². The van der Waals surface area contributed by atoms with Gasteiger partial charge in [0.15, 0.2) is 0 Å². The Morgan fingerprint density at radius 1 is 1.40 bits per heavy atom. The number of unbranched alkanes of at least 4 members (excludes halogenated alkanes) is 1. The first-order chi connectivity index (χ1) is 7.07. The van der Waals surface area contributed by atoms with Gasteiger partial charge in [0, 0.05) is 25.6 Å². The molecule has 15 heavy (non-hydrogen) atoms. The Balaban J connectivity index is 2.33. The standard InChI is InChI=1S/C12H24N2O/c1-3-4-9-14(2)11(15)10-12(13)7-5-6-8-12/h3-10,13H2,1-2H3. The van der Waals surface area contributed by atoms with Gasteiger partial charge in [0.05, 0.1) is 0 Å². The lowest BCUT2D eigenvalue weighted by Crippen LogP contribution is -2.42. The monoisotopic (exact) mass is 212 g/mol. The van der Waals surface area contributed by atoms with E-state index in [2.05, 4.69) is 6.92 Å². The first-order valence-electron chi connectivity index (χ1n) is 6.10. The van der Waals surface area contributed by atoms with E-state index in [1.165, 1.54) is 12.8 Å². The summed E-state index contributed by atoms with van der Waals surface area (Å²) in [6.07, 6.45) is 7.14. The van der Waals surface area contributed by atoms with Gasteiger partial charge < -0.3 is 10.6 Å². The lowest BCUT2D eigenvalue weighted by atomic mass is 9.94.